The van der Waals surface area contributed by atoms with Gasteiger partial charge < -0.3 is 20.7 Å². The molecular formula is C14H24N4O3. The first-order chi connectivity index (χ1) is 9.89. The number of urea groups is 1. The molecule has 7 nitrogen and oxygen atoms in total. The molecule has 1 rings (SSSR count). The number of carboxylic acids is 1. The summed E-state index contributed by atoms with van der Waals surface area (Å²) >= 11 is 0. The first-order valence-electron chi connectivity index (χ1n) is 7.10. The zero-order valence-electron chi connectivity index (χ0n) is 12.6. The molecule has 1 aromatic rings. The van der Waals surface area contributed by atoms with Gasteiger partial charge in [0.2, 0.25) is 0 Å². The van der Waals surface area contributed by atoms with Gasteiger partial charge >= 0.3 is 12.0 Å². The van der Waals surface area contributed by atoms with Crippen molar-refractivity contribution >= 4 is 12.0 Å². The molecule has 7 heteroatoms. The standard InChI is InChI=1S/C14H24N4O3/c1-14(2,5-3-12(19)20)6-8-17-13(21)16-7-4-11-9-15-10-18-11/h9-10H,3-8H2,1-2H3,(H,15,18)(H,19,20)(H2,16,17,21). The highest BCUT2D eigenvalue weighted by Gasteiger charge is 2.19. The summed E-state index contributed by atoms with van der Waals surface area (Å²) in [6.45, 7) is 5.08. The molecule has 0 atom stereocenters. The number of aliphatic carboxylic acids is 1. The third-order valence-corrected chi connectivity index (χ3v) is 3.34. The molecule has 118 valence electrons. The summed E-state index contributed by atoms with van der Waals surface area (Å²) in [6, 6.07) is -0.205. The number of rotatable bonds is 9. The molecule has 2 amide bonds. The molecular weight excluding hydrogens is 272 g/mol. The van der Waals surface area contributed by atoms with Crippen LogP contribution >= 0.6 is 0 Å². The second-order valence-corrected chi connectivity index (χ2v) is 5.82. The average Bonchev–Trinajstić information content (AvgIpc) is 2.89. The number of nitrogens with zero attached hydrogens (tertiary/aromatic N) is 1. The third kappa shape index (κ3) is 7.96. The Bertz CT molecular complexity index is 443. The van der Waals surface area contributed by atoms with Crippen molar-refractivity contribution in [2.75, 3.05) is 13.1 Å². The van der Waals surface area contributed by atoms with E-state index < -0.39 is 5.97 Å². The summed E-state index contributed by atoms with van der Waals surface area (Å²) in [6.07, 6.45) is 5.54. The van der Waals surface area contributed by atoms with Crippen LogP contribution in [-0.2, 0) is 11.2 Å². The Hall–Kier alpha value is -2.05. The lowest BCUT2D eigenvalue weighted by Crippen LogP contribution is -2.38. The maximum absolute atomic E-state index is 11.6. The second kappa shape index (κ2) is 8.28. The summed E-state index contributed by atoms with van der Waals surface area (Å²) in [4.78, 5) is 29.0. The van der Waals surface area contributed by atoms with E-state index in [1.54, 1.807) is 12.5 Å². The van der Waals surface area contributed by atoms with Crippen LogP contribution in [0.3, 0.4) is 0 Å². The Kier molecular flexibility index (Phi) is 6.71. The van der Waals surface area contributed by atoms with Crippen LogP contribution in [0.1, 0.15) is 38.8 Å². The molecule has 0 aliphatic rings. The fraction of sp³-hybridized carbons (Fsp3) is 0.643. The van der Waals surface area contributed by atoms with Gasteiger partial charge in [0, 0.05) is 37.8 Å². The summed E-state index contributed by atoms with van der Waals surface area (Å²) in [5.41, 5.74) is 0.881. The van der Waals surface area contributed by atoms with Gasteiger partial charge in [-0.25, -0.2) is 9.78 Å². The zero-order chi connectivity index (χ0) is 15.7. The minimum atomic E-state index is -0.785. The molecule has 0 unspecified atom stereocenters. The van der Waals surface area contributed by atoms with Crippen molar-refractivity contribution in [3.63, 3.8) is 0 Å². The quantitative estimate of drug-likeness (QED) is 0.554. The van der Waals surface area contributed by atoms with Gasteiger partial charge in [-0.05, 0) is 18.3 Å². The molecule has 1 aromatic heterocycles. The topological polar surface area (TPSA) is 107 Å². The van der Waals surface area contributed by atoms with E-state index in [0.717, 1.165) is 12.1 Å². The second-order valence-electron chi connectivity index (χ2n) is 5.82. The SMILES string of the molecule is CC(C)(CCNC(=O)NCCc1cnc[nH]1)CCC(=O)O. The Labute approximate surface area is 124 Å². The number of aromatic nitrogens is 2. The number of imidazole rings is 1. The number of H-pyrrole nitrogens is 1. The molecule has 0 aliphatic carbocycles. The van der Waals surface area contributed by atoms with E-state index in [-0.39, 0.29) is 17.9 Å². The van der Waals surface area contributed by atoms with Crippen molar-refractivity contribution in [1.29, 1.82) is 0 Å². The van der Waals surface area contributed by atoms with Gasteiger partial charge in [0.15, 0.2) is 0 Å². The molecule has 0 spiro atoms. The van der Waals surface area contributed by atoms with Crippen molar-refractivity contribution in [2.24, 2.45) is 5.41 Å². The number of amides is 2. The largest absolute Gasteiger partial charge is 0.481 e. The van der Waals surface area contributed by atoms with E-state index in [1.807, 2.05) is 13.8 Å². The summed E-state index contributed by atoms with van der Waals surface area (Å²) < 4.78 is 0. The molecule has 0 bridgehead atoms. The zero-order valence-corrected chi connectivity index (χ0v) is 12.6. The van der Waals surface area contributed by atoms with Gasteiger partial charge in [0.25, 0.3) is 0 Å². The Morgan fingerprint density at radius 1 is 1.29 bits per heavy atom. The normalized spacial score (nSPS) is 11.1. The van der Waals surface area contributed by atoms with Crippen molar-refractivity contribution in [3.05, 3.63) is 18.2 Å². The highest BCUT2D eigenvalue weighted by atomic mass is 16.4. The minimum absolute atomic E-state index is 0.0956. The number of nitrogens with one attached hydrogen (secondary N) is 3. The van der Waals surface area contributed by atoms with Crippen molar-refractivity contribution < 1.29 is 14.7 Å². The van der Waals surface area contributed by atoms with Crippen LogP contribution in [0.4, 0.5) is 4.79 Å². The Morgan fingerprint density at radius 3 is 2.62 bits per heavy atom. The van der Waals surface area contributed by atoms with Crippen molar-refractivity contribution in [3.8, 4) is 0 Å². The number of hydrogen-bond acceptors (Lipinski definition) is 3. The Morgan fingerprint density at radius 2 is 2.00 bits per heavy atom. The van der Waals surface area contributed by atoms with E-state index in [1.165, 1.54) is 0 Å². The molecule has 0 saturated heterocycles. The molecule has 0 fully saturated rings. The van der Waals surface area contributed by atoms with Gasteiger partial charge in [-0.3, -0.25) is 4.79 Å². The van der Waals surface area contributed by atoms with Gasteiger partial charge in [0.05, 0.1) is 6.33 Å². The maximum atomic E-state index is 11.6. The first-order valence-corrected chi connectivity index (χ1v) is 7.10. The number of carbonyl (C=O) groups excluding carboxylic acids is 1. The van der Waals surface area contributed by atoms with Crippen molar-refractivity contribution in [2.45, 2.75) is 39.5 Å². The van der Waals surface area contributed by atoms with Crippen LogP contribution in [0.25, 0.3) is 0 Å². The maximum Gasteiger partial charge on any atom is 0.314 e. The first kappa shape index (κ1) is 17.0. The smallest absolute Gasteiger partial charge is 0.314 e. The van der Waals surface area contributed by atoms with Crippen molar-refractivity contribution in [1.82, 2.24) is 20.6 Å². The predicted octanol–water partition coefficient (Wildman–Crippen LogP) is 1.53. The Balaban J connectivity index is 2.10. The van der Waals surface area contributed by atoms with E-state index in [4.69, 9.17) is 5.11 Å². The molecule has 1 heterocycles. The van der Waals surface area contributed by atoms with Gasteiger partial charge in [0.1, 0.15) is 0 Å². The van der Waals surface area contributed by atoms with Gasteiger partial charge in [-0.2, -0.15) is 0 Å². The fourth-order valence-corrected chi connectivity index (χ4v) is 1.88. The van der Waals surface area contributed by atoms with Crippen LogP contribution in [-0.4, -0.2) is 40.2 Å². The van der Waals surface area contributed by atoms with E-state index in [0.29, 0.717) is 25.9 Å². The van der Waals surface area contributed by atoms with Crippen LogP contribution in [0.5, 0.6) is 0 Å². The molecule has 0 saturated carbocycles. The average molecular weight is 296 g/mol. The lowest BCUT2D eigenvalue weighted by molar-refractivity contribution is -0.137. The molecule has 0 radical (unpaired) electrons. The minimum Gasteiger partial charge on any atom is -0.481 e. The summed E-state index contributed by atoms with van der Waals surface area (Å²) in [5.74, 6) is -0.785. The lowest BCUT2D eigenvalue weighted by Gasteiger charge is -2.23. The van der Waals surface area contributed by atoms with E-state index >= 15 is 0 Å². The highest BCUT2D eigenvalue weighted by molar-refractivity contribution is 5.73. The lowest BCUT2D eigenvalue weighted by atomic mass is 9.84. The van der Waals surface area contributed by atoms with Crippen LogP contribution in [0, 0.1) is 5.41 Å². The number of hydrogen-bond donors (Lipinski definition) is 4. The van der Waals surface area contributed by atoms with Crippen LogP contribution < -0.4 is 10.6 Å². The predicted molar refractivity (Wildman–Crippen MR) is 79.0 cm³/mol. The van der Waals surface area contributed by atoms with E-state index in [9.17, 15) is 9.59 Å². The van der Waals surface area contributed by atoms with E-state index in [2.05, 4.69) is 20.6 Å². The molecule has 21 heavy (non-hydrogen) atoms. The van der Waals surface area contributed by atoms with Crippen LogP contribution in [0.15, 0.2) is 12.5 Å². The third-order valence-electron chi connectivity index (χ3n) is 3.34. The van der Waals surface area contributed by atoms with Gasteiger partial charge in [-0.1, -0.05) is 13.8 Å². The van der Waals surface area contributed by atoms with Gasteiger partial charge in [-0.15, -0.1) is 0 Å². The monoisotopic (exact) mass is 296 g/mol. The highest BCUT2D eigenvalue weighted by Crippen LogP contribution is 2.25. The molecule has 0 aliphatic heterocycles. The number of aromatic amines is 1. The molecule has 4 N–H and O–H groups in total. The summed E-state index contributed by atoms with van der Waals surface area (Å²) in [7, 11) is 0. The summed E-state index contributed by atoms with van der Waals surface area (Å²) in [5, 5.41) is 14.2. The number of carboxylic acid groups (broad SMARTS) is 1. The number of carbonyl (C=O) groups is 2. The molecule has 0 aromatic carbocycles. The fourth-order valence-electron chi connectivity index (χ4n) is 1.88. The van der Waals surface area contributed by atoms with Crippen LogP contribution in [0.2, 0.25) is 0 Å².